The number of carbonyl (C=O) groups is 1. The summed E-state index contributed by atoms with van der Waals surface area (Å²) >= 11 is 0. The molecule has 0 aliphatic carbocycles. The van der Waals surface area contributed by atoms with E-state index in [1.165, 1.54) is 0 Å². The van der Waals surface area contributed by atoms with Gasteiger partial charge in [-0.05, 0) is 39.0 Å². The number of amides is 1. The van der Waals surface area contributed by atoms with E-state index >= 15 is 0 Å². The molecule has 0 fully saturated rings. The highest BCUT2D eigenvalue weighted by molar-refractivity contribution is 5.93. The Morgan fingerprint density at radius 2 is 1.96 bits per heavy atom. The minimum atomic E-state index is -0.443. The fraction of sp³-hybridized carbons (Fsp3) is 0.412. The van der Waals surface area contributed by atoms with E-state index in [0.717, 1.165) is 17.1 Å². The third-order valence-corrected chi connectivity index (χ3v) is 3.67. The minimum Gasteiger partial charge on any atom is -0.497 e. The number of benzene rings is 1. The summed E-state index contributed by atoms with van der Waals surface area (Å²) in [6.45, 7) is 5.53. The van der Waals surface area contributed by atoms with Crippen LogP contribution in [0.1, 0.15) is 31.1 Å². The van der Waals surface area contributed by atoms with Crippen molar-refractivity contribution in [2.45, 2.75) is 32.9 Å². The number of nitrogens with zero attached hydrogens (tertiary/aromatic N) is 1. The van der Waals surface area contributed by atoms with Gasteiger partial charge in [-0.15, -0.1) is 0 Å². The lowest BCUT2D eigenvalue weighted by molar-refractivity contribution is -0.118. The standard InChI is InChI=1S/C17H23N3O4/c1-10-8-16(24-20-10)19-17(21)12(3)18-11(2)14-9-13(22-4)6-7-15(14)23-5/h6-9,11-12,18H,1-5H3,(H,19,21)/t11-,12-/m1/s1. The topological polar surface area (TPSA) is 85.6 Å². The van der Waals surface area contributed by atoms with Gasteiger partial charge in [0.2, 0.25) is 11.8 Å². The Morgan fingerprint density at radius 3 is 2.54 bits per heavy atom. The van der Waals surface area contributed by atoms with Gasteiger partial charge in [0.05, 0.1) is 26.0 Å². The summed E-state index contributed by atoms with van der Waals surface area (Å²) in [6.07, 6.45) is 0. The highest BCUT2D eigenvalue weighted by Crippen LogP contribution is 2.29. The number of aromatic nitrogens is 1. The molecule has 1 aromatic carbocycles. The molecule has 2 rings (SSSR count). The summed E-state index contributed by atoms with van der Waals surface area (Å²) in [6, 6.07) is 6.67. The fourth-order valence-electron chi connectivity index (χ4n) is 2.37. The van der Waals surface area contributed by atoms with E-state index in [2.05, 4.69) is 15.8 Å². The summed E-state index contributed by atoms with van der Waals surface area (Å²) in [7, 11) is 3.22. The van der Waals surface area contributed by atoms with Crippen LogP contribution in [-0.4, -0.2) is 31.3 Å². The van der Waals surface area contributed by atoms with Gasteiger partial charge in [-0.2, -0.15) is 0 Å². The number of carbonyl (C=O) groups excluding carboxylic acids is 1. The molecule has 0 bridgehead atoms. The maximum absolute atomic E-state index is 12.2. The zero-order valence-corrected chi connectivity index (χ0v) is 14.5. The first-order valence-corrected chi connectivity index (χ1v) is 7.66. The summed E-state index contributed by atoms with van der Waals surface area (Å²) in [5, 5.41) is 9.66. The first kappa shape index (κ1) is 17.8. The molecule has 1 heterocycles. The molecule has 1 aromatic heterocycles. The predicted molar refractivity (Wildman–Crippen MR) is 90.4 cm³/mol. The van der Waals surface area contributed by atoms with Crippen LogP contribution in [0.2, 0.25) is 0 Å². The van der Waals surface area contributed by atoms with Gasteiger partial charge < -0.3 is 14.0 Å². The predicted octanol–water partition coefficient (Wildman–Crippen LogP) is 2.68. The van der Waals surface area contributed by atoms with Crippen LogP contribution in [0.25, 0.3) is 0 Å². The van der Waals surface area contributed by atoms with E-state index in [1.54, 1.807) is 34.1 Å². The maximum atomic E-state index is 12.2. The zero-order valence-electron chi connectivity index (χ0n) is 14.5. The van der Waals surface area contributed by atoms with E-state index in [1.807, 2.05) is 25.1 Å². The molecule has 7 nitrogen and oxygen atoms in total. The summed E-state index contributed by atoms with van der Waals surface area (Å²) < 4.78 is 15.6. The van der Waals surface area contributed by atoms with Crippen LogP contribution in [0, 0.1) is 6.92 Å². The van der Waals surface area contributed by atoms with E-state index < -0.39 is 6.04 Å². The van der Waals surface area contributed by atoms with Crippen LogP contribution in [0.15, 0.2) is 28.8 Å². The molecule has 2 N–H and O–H groups in total. The van der Waals surface area contributed by atoms with Crippen molar-refractivity contribution in [3.8, 4) is 11.5 Å². The van der Waals surface area contributed by atoms with Crippen molar-refractivity contribution in [1.82, 2.24) is 10.5 Å². The highest BCUT2D eigenvalue weighted by Gasteiger charge is 2.20. The van der Waals surface area contributed by atoms with Gasteiger partial charge in [-0.1, -0.05) is 5.16 Å². The van der Waals surface area contributed by atoms with E-state index in [9.17, 15) is 4.79 Å². The van der Waals surface area contributed by atoms with Crippen molar-refractivity contribution >= 4 is 11.8 Å². The Labute approximate surface area is 141 Å². The Balaban J connectivity index is 2.05. The smallest absolute Gasteiger partial charge is 0.243 e. The fourth-order valence-corrected chi connectivity index (χ4v) is 2.37. The molecule has 2 aromatic rings. The molecule has 0 radical (unpaired) electrons. The van der Waals surface area contributed by atoms with Crippen molar-refractivity contribution in [2.75, 3.05) is 19.5 Å². The van der Waals surface area contributed by atoms with E-state index in [-0.39, 0.29) is 11.9 Å². The van der Waals surface area contributed by atoms with Gasteiger partial charge in [-0.25, -0.2) is 0 Å². The molecule has 0 saturated carbocycles. The molecule has 2 atom stereocenters. The Morgan fingerprint density at radius 1 is 1.21 bits per heavy atom. The average Bonchev–Trinajstić information content (AvgIpc) is 2.98. The second-order valence-electron chi connectivity index (χ2n) is 5.54. The molecular formula is C17H23N3O4. The van der Waals surface area contributed by atoms with Crippen LogP contribution < -0.4 is 20.1 Å². The first-order valence-electron chi connectivity index (χ1n) is 7.66. The van der Waals surface area contributed by atoms with Crippen molar-refractivity contribution < 1.29 is 18.8 Å². The molecule has 1 amide bonds. The monoisotopic (exact) mass is 333 g/mol. The number of methoxy groups -OCH3 is 2. The number of anilines is 1. The number of hydrogen-bond acceptors (Lipinski definition) is 6. The Hall–Kier alpha value is -2.54. The van der Waals surface area contributed by atoms with Crippen LogP contribution >= 0.6 is 0 Å². The van der Waals surface area contributed by atoms with E-state index in [4.69, 9.17) is 14.0 Å². The third kappa shape index (κ3) is 4.26. The number of nitrogens with one attached hydrogen (secondary N) is 2. The van der Waals surface area contributed by atoms with Crippen LogP contribution in [0.3, 0.4) is 0 Å². The third-order valence-electron chi connectivity index (χ3n) is 3.67. The van der Waals surface area contributed by atoms with Crippen molar-refractivity contribution in [1.29, 1.82) is 0 Å². The molecular weight excluding hydrogens is 310 g/mol. The summed E-state index contributed by atoms with van der Waals surface area (Å²) in [5.41, 5.74) is 1.62. The van der Waals surface area contributed by atoms with Gasteiger partial charge in [0, 0.05) is 17.7 Å². The molecule has 0 unspecified atom stereocenters. The van der Waals surface area contributed by atoms with Gasteiger partial charge in [-0.3, -0.25) is 15.4 Å². The molecule has 7 heteroatoms. The second kappa shape index (κ2) is 7.83. The van der Waals surface area contributed by atoms with Crippen molar-refractivity contribution in [3.05, 3.63) is 35.5 Å². The largest absolute Gasteiger partial charge is 0.497 e. The van der Waals surface area contributed by atoms with Crippen LogP contribution in [0.4, 0.5) is 5.88 Å². The first-order chi connectivity index (χ1) is 11.4. The van der Waals surface area contributed by atoms with Gasteiger partial charge >= 0.3 is 0 Å². The Bertz CT molecular complexity index is 699. The number of rotatable bonds is 7. The zero-order chi connectivity index (χ0) is 17.7. The van der Waals surface area contributed by atoms with Gasteiger partial charge in [0.15, 0.2) is 0 Å². The Kier molecular flexibility index (Phi) is 5.81. The molecule has 130 valence electrons. The van der Waals surface area contributed by atoms with Crippen LogP contribution in [0.5, 0.6) is 11.5 Å². The van der Waals surface area contributed by atoms with Crippen LogP contribution in [-0.2, 0) is 4.79 Å². The summed E-state index contributed by atoms with van der Waals surface area (Å²) in [5.74, 6) is 1.58. The van der Waals surface area contributed by atoms with Gasteiger partial charge in [0.1, 0.15) is 11.5 Å². The number of hydrogen-bond donors (Lipinski definition) is 2. The van der Waals surface area contributed by atoms with Crippen molar-refractivity contribution in [2.24, 2.45) is 0 Å². The number of aryl methyl sites for hydroxylation is 1. The minimum absolute atomic E-state index is 0.118. The maximum Gasteiger partial charge on any atom is 0.243 e. The lowest BCUT2D eigenvalue weighted by Gasteiger charge is -2.21. The SMILES string of the molecule is COc1ccc(OC)c([C@@H](C)N[C@H](C)C(=O)Nc2cc(C)no2)c1. The lowest BCUT2D eigenvalue weighted by Crippen LogP contribution is -2.39. The van der Waals surface area contributed by atoms with E-state index in [0.29, 0.717) is 11.6 Å². The molecule has 0 saturated heterocycles. The highest BCUT2D eigenvalue weighted by atomic mass is 16.5. The normalized spacial score (nSPS) is 13.2. The molecule has 24 heavy (non-hydrogen) atoms. The quantitative estimate of drug-likeness (QED) is 0.810. The lowest BCUT2D eigenvalue weighted by atomic mass is 10.1. The average molecular weight is 333 g/mol. The summed E-state index contributed by atoms with van der Waals surface area (Å²) in [4.78, 5) is 12.2. The molecule has 0 aliphatic heterocycles. The van der Waals surface area contributed by atoms with Gasteiger partial charge in [0.25, 0.3) is 0 Å². The molecule has 0 spiro atoms. The number of ether oxygens (including phenoxy) is 2. The molecule has 0 aliphatic rings. The second-order valence-corrected chi connectivity index (χ2v) is 5.54. The van der Waals surface area contributed by atoms with Crippen molar-refractivity contribution in [3.63, 3.8) is 0 Å².